The molecule has 0 saturated carbocycles. The van der Waals surface area contributed by atoms with Crippen LogP contribution < -0.4 is 0 Å². The molecular formula is C11H15ClO2S. The molecule has 2 nitrogen and oxygen atoms in total. The number of aliphatic hydroxyl groups excluding tert-OH is 2. The molecule has 4 heteroatoms. The topological polar surface area (TPSA) is 40.5 Å². The maximum Gasteiger partial charge on any atom is 0.0861 e. The number of rotatable bonds is 5. The van der Waals surface area contributed by atoms with Crippen LogP contribution in [0.2, 0.25) is 5.02 Å². The molecule has 0 aliphatic heterocycles. The minimum absolute atomic E-state index is 0.192. The SMILES string of the molecule is C[C@H](SC[C@H](O)CO)c1ccccc1Cl. The number of aliphatic hydroxyl groups is 2. The Hall–Kier alpha value is -0.220. The van der Waals surface area contributed by atoms with Gasteiger partial charge in [0.15, 0.2) is 0 Å². The summed E-state index contributed by atoms with van der Waals surface area (Å²) in [5.74, 6) is 0.517. The Morgan fingerprint density at radius 3 is 2.67 bits per heavy atom. The monoisotopic (exact) mass is 246 g/mol. The zero-order valence-electron chi connectivity index (χ0n) is 8.56. The van der Waals surface area contributed by atoms with Crippen LogP contribution >= 0.6 is 23.4 Å². The van der Waals surface area contributed by atoms with Crippen LogP contribution in [0.1, 0.15) is 17.7 Å². The molecule has 1 aromatic rings. The lowest BCUT2D eigenvalue weighted by atomic mass is 10.2. The summed E-state index contributed by atoms with van der Waals surface area (Å²) in [7, 11) is 0. The first kappa shape index (κ1) is 12.8. The molecule has 15 heavy (non-hydrogen) atoms. The second-order valence-corrected chi connectivity index (χ2v) is 5.11. The van der Waals surface area contributed by atoms with Crippen LogP contribution in [0, 0.1) is 0 Å². The average molecular weight is 247 g/mol. The third kappa shape index (κ3) is 4.03. The molecule has 0 saturated heterocycles. The van der Waals surface area contributed by atoms with Gasteiger partial charge in [0.2, 0.25) is 0 Å². The molecule has 2 atom stereocenters. The van der Waals surface area contributed by atoms with Gasteiger partial charge in [0.1, 0.15) is 0 Å². The molecule has 0 radical (unpaired) electrons. The molecule has 1 aromatic carbocycles. The lowest BCUT2D eigenvalue weighted by molar-refractivity contribution is 0.113. The molecule has 0 aliphatic carbocycles. The van der Waals surface area contributed by atoms with Gasteiger partial charge < -0.3 is 10.2 Å². The minimum Gasteiger partial charge on any atom is -0.394 e. The molecule has 0 bridgehead atoms. The summed E-state index contributed by atoms with van der Waals surface area (Å²) in [6.45, 7) is 1.85. The highest BCUT2D eigenvalue weighted by Gasteiger charge is 2.11. The zero-order valence-corrected chi connectivity index (χ0v) is 10.1. The maximum absolute atomic E-state index is 9.22. The quantitative estimate of drug-likeness (QED) is 0.839. The number of hydrogen-bond donors (Lipinski definition) is 2. The van der Waals surface area contributed by atoms with E-state index < -0.39 is 6.10 Å². The van der Waals surface area contributed by atoms with Crippen molar-refractivity contribution in [1.29, 1.82) is 0 Å². The van der Waals surface area contributed by atoms with Gasteiger partial charge in [0.05, 0.1) is 12.7 Å². The summed E-state index contributed by atoms with van der Waals surface area (Å²) >= 11 is 7.62. The Kier molecular flexibility index (Phi) is 5.47. The van der Waals surface area contributed by atoms with Crippen LogP contribution in [0.5, 0.6) is 0 Å². The van der Waals surface area contributed by atoms with Gasteiger partial charge in [-0.05, 0) is 18.6 Å². The predicted molar refractivity (Wildman–Crippen MR) is 65.4 cm³/mol. The molecule has 84 valence electrons. The summed E-state index contributed by atoms with van der Waals surface area (Å²) in [5, 5.41) is 18.9. The van der Waals surface area contributed by atoms with E-state index in [-0.39, 0.29) is 11.9 Å². The summed E-state index contributed by atoms with van der Waals surface area (Å²) in [4.78, 5) is 0. The summed E-state index contributed by atoms with van der Waals surface area (Å²) < 4.78 is 0. The van der Waals surface area contributed by atoms with Crippen molar-refractivity contribution < 1.29 is 10.2 Å². The fraction of sp³-hybridized carbons (Fsp3) is 0.455. The van der Waals surface area contributed by atoms with Gasteiger partial charge in [-0.15, -0.1) is 0 Å². The highest BCUT2D eigenvalue weighted by Crippen LogP contribution is 2.32. The number of benzene rings is 1. The normalized spacial score (nSPS) is 14.9. The van der Waals surface area contributed by atoms with Gasteiger partial charge in [-0.2, -0.15) is 11.8 Å². The smallest absolute Gasteiger partial charge is 0.0861 e. The highest BCUT2D eigenvalue weighted by atomic mass is 35.5. The van der Waals surface area contributed by atoms with Crippen molar-refractivity contribution in [3.8, 4) is 0 Å². The number of thioether (sulfide) groups is 1. The lowest BCUT2D eigenvalue weighted by Gasteiger charge is -2.14. The Morgan fingerprint density at radius 2 is 2.07 bits per heavy atom. The average Bonchev–Trinajstić information content (AvgIpc) is 2.26. The second kappa shape index (κ2) is 6.38. The third-order valence-corrected chi connectivity index (χ3v) is 3.77. The lowest BCUT2D eigenvalue weighted by Crippen LogP contribution is -2.15. The van der Waals surface area contributed by atoms with Gasteiger partial charge in [0.25, 0.3) is 0 Å². The van der Waals surface area contributed by atoms with Crippen LogP contribution in [0.25, 0.3) is 0 Å². The van der Waals surface area contributed by atoms with Crippen LogP contribution in [-0.4, -0.2) is 28.7 Å². The van der Waals surface area contributed by atoms with E-state index in [0.29, 0.717) is 5.75 Å². The molecule has 0 aliphatic rings. The van der Waals surface area contributed by atoms with Crippen LogP contribution in [-0.2, 0) is 0 Å². The first-order valence-corrected chi connectivity index (χ1v) is 6.22. The van der Waals surface area contributed by atoms with Gasteiger partial charge in [-0.25, -0.2) is 0 Å². The van der Waals surface area contributed by atoms with E-state index in [9.17, 15) is 5.11 Å². The molecule has 1 rings (SSSR count). The zero-order chi connectivity index (χ0) is 11.3. The first-order chi connectivity index (χ1) is 7.15. The molecular weight excluding hydrogens is 232 g/mol. The summed E-state index contributed by atoms with van der Waals surface area (Å²) in [6, 6.07) is 7.67. The molecule has 0 heterocycles. The van der Waals surface area contributed by atoms with Crippen molar-refractivity contribution in [1.82, 2.24) is 0 Å². The van der Waals surface area contributed by atoms with Crippen molar-refractivity contribution in [2.24, 2.45) is 0 Å². The van der Waals surface area contributed by atoms with Gasteiger partial charge in [0, 0.05) is 16.0 Å². The standard InChI is InChI=1S/C11H15ClO2S/c1-8(15-7-9(14)6-13)10-4-2-3-5-11(10)12/h2-5,8-9,13-14H,6-7H2,1H3/t8-,9+/m0/s1. The molecule has 0 amide bonds. The maximum atomic E-state index is 9.22. The van der Waals surface area contributed by atoms with Crippen LogP contribution in [0.4, 0.5) is 0 Å². The molecule has 0 unspecified atom stereocenters. The van der Waals surface area contributed by atoms with Crippen molar-refractivity contribution >= 4 is 23.4 Å². The Bertz CT molecular complexity index is 306. The summed E-state index contributed by atoms with van der Waals surface area (Å²) in [5.41, 5.74) is 1.06. The predicted octanol–water partition coefficient (Wildman–Crippen LogP) is 2.49. The fourth-order valence-corrected chi connectivity index (χ4v) is 2.57. The van der Waals surface area contributed by atoms with E-state index in [1.54, 1.807) is 11.8 Å². The van der Waals surface area contributed by atoms with E-state index in [4.69, 9.17) is 16.7 Å². The first-order valence-electron chi connectivity index (χ1n) is 4.80. The number of hydrogen-bond acceptors (Lipinski definition) is 3. The van der Waals surface area contributed by atoms with Gasteiger partial charge in [-0.1, -0.05) is 29.8 Å². The second-order valence-electron chi connectivity index (χ2n) is 3.33. The van der Waals surface area contributed by atoms with E-state index in [1.807, 2.05) is 31.2 Å². The summed E-state index contributed by atoms with van der Waals surface area (Å²) in [6.07, 6.45) is -0.653. The Balaban J connectivity index is 2.54. The Morgan fingerprint density at radius 1 is 1.40 bits per heavy atom. The van der Waals surface area contributed by atoms with E-state index in [0.717, 1.165) is 10.6 Å². The van der Waals surface area contributed by atoms with Crippen molar-refractivity contribution in [3.63, 3.8) is 0 Å². The van der Waals surface area contributed by atoms with Gasteiger partial charge >= 0.3 is 0 Å². The van der Waals surface area contributed by atoms with E-state index in [2.05, 4.69) is 0 Å². The van der Waals surface area contributed by atoms with Crippen molar-refractivity contribution in [3.05, 3.63) is 34.9 Å². The number of halogens is 1. The largest absolute Gasteiger partial charge is 0.394 e. The van der Waals surface area contributed by atoms with Crippen LogP contribution in [0.3, 0.4) is 0 Å². The molecule has 2 N–H and O–H groups in total. The molecule has 0 fully saturated rings. The van der Waals surface area contributed by atoms with Crippen molar-refractivity contribution in [2.45, 2.75) is 18.3 Å². The third-order valence-electron chi connectivity index (χ3n) is 2.09. The molecule has 0 aromatic heterocycles. The van der Waals surface area contributed by atoms with Crippen molar-refractivity contribution in [2.75, 3.05) is 12.4 Å². The highest BCUT2D eigenvalue weighted by molar-refractivity contribution is 7.99. The van der Waals surface area contributed by atoms with Crippen LogP contribution in [0.15, 0.2) is 24.3 Å². The van der Waals surface area contributed by atoms with E-state index in [1.165, 1.54) is 0 Å². The van der Waals surface area contributed by atoms with Gasteiger partial charge in [-0.3, -0.25) is 0 Å². The fourth-order valence-electron chi connectivity index (χ4n) is 1.20. The Labute approximate surface area is 99.3 Å². The minimum atomic E-state index is -0.653. The van der Waals surface area contributed by atoms with E-state index >= 15 is 0 Å². The molecule has 0 spiro atoms.